The number of nitrogens with two attached hydrogens (primary N) is 1. The van der Waals surface area contributed by atoms with E-state index in [2.05, 4.69) is 0 Å². The van der Waals surface area contributed by atoms with Crippen LogP contribution in [0.4, 0.5) is 0 Å². The van der Waals surface area contributed by atoms with E-state index in [4.69, 9.17) is 10.5 Å². The average molecular weight is 207 g/mol. The van der Waals surface area contributed by atoms with Gasteiger partial charge < -0.3 is 10.5 Å². The fraction of sp³-hybridized carbons (Fsp3) is 0.417. The highest BCUT2D eigenvalue weighted by Gasteiger charge is 2.13. The second-order valence-electron chi connectivity index (χ2n) is 3.47. The number of rotatable bonds is 4. The molecular weight excluding hydrogens is 190 g/mol. The molecule has 0 aliphatic carbocycles. The first kappa shape index (κ1) is 11.7. The molecule has 3 nitrogen and oxygen atoms in total. The summed E-state index contributed by atoms with van der Waals surface area (Å²) in [5.41, 5.74) is 8.04. The summed E-state index contributed by atoms with van der Waals surface area (Å²) in [4.78, 5) is 11.2. The van der Waals surface area contributed by atoms with E-state index < -0.39 is 0 Å². The molecule has 0 bridgehead atoms. The highest BCUT2D eigenvalue weighted by molar-refractivity contribution is 5.70. The molecule has 2 N–H and O–H groups in total. The van der Waals surface area contributed by atoms with Gasteiger partial charge >= 0.3 is 5.97 Å². The first-order valence-corrected chi connectivity index (χ1v) is 5.12. The maximum absolute atomic E-state index is 11.2. The largest absolute Gasteiger partial charge is 0.466 e. The number of benzene rings is 1. The second-order valence-corrected chi connectivity index (χ2v) is 3.47. The molecule has 0 radical (unpaired) electrons. The van der Waals surface area contributed by atoms with Gasteiger partial charge in [-0.15, -0.1) is 0 Å². The monoisotopic (exact) mass is 207 g/mol. The number of ether oxygens (including phenoxy) is 1. The van der Waals surface area contributed by atoms with E-state index in [1.165, 1.54) is 0 Å². The maximum atomic E-state index is 11.2. The minimum atomic E-state index is -0.273. The van der Waals surface area contributed by atoms with Gasteiger partial charge in [-0.25, -0.2) is 0 Å². The molecule has 0 amide bonds. The Morgan fingerprint density at radius 1 is 1.47 bits per heavy atom. The molecule has 3 heteroatoms. The van der Waals surface area contributed by atoms with E-state index in [1.54, 1.807) is 6.92 Å². The smallest absolute Gasteiger partial charge is 0.307 e. The fourth-order valence-electron chi connectivity index (χ4n) is 1.51. The molecule has 15 heavy (non-hydrogen) atoms. The number of hydrogen-bond donors (Lipinski definition) is 1. The van der Waals surface area contributed by atoms with Crippen molar-refractivity contribution >= 4 is 5.97 Å². The summed E-state index contributed by atoms with van der Waals surface area (Å²) in [5.74, 6) is -0.242. The van der Waals surface area contributed by atoms with Crippen LogP contribution in [0.1, 0.15) is 30.5 Å². The molecule has 0 saturated heterocycles. The zero-order chi connectivity index (χ0) is 11.3. The van der Waals surface area contributed by atoms with Gasteiger partial charge in [0.15, 0.2) is 0 Å². The van der Waals surface area contributed by atoms with Gasteiger partial charge in [0.05, 0.1) is 13.0 Å². The zero-order valence-electron chi connectivity index (χ0n) is 9.19. The summed E-state index contributed by atoms with van der Waals surface area (Å²) in [6, 6.07) is 7.54. The van der Waals surface area contributed by atoms with Crippen LogP contribution in [0.15, 0.2) is 24.3 Å². The number of carbonyl (C=O) groups is 1. The van der Waals surface area contributed by atoms with Crippen molar-refractivity contribution < 1.29 is 9.53 Å². The van der Waals surface area contributed by atoms with E-state index in [1.807, 2.05) is 31.2 Å². The lowest BCUT2D eigenvalue weighted by Gasteiger charge is -2.13. The highest BCUT2D eigenvalue weighted by Crippen LogP contribution is 2.18. The van der Waals surface area contributed by atoms with Crippen molar-refractivity contribution in [3.8, 4) is 0 Å². The molecule has 0 unspecified atom stereocenters. The number of carbonyl (C=O) groups excluding carboxylic acids is 1. The lowest BCUT2D eigenvalue weighted by Crippen LogP contribution is -2.18. The standard InChI is InChI=1S/C12H17NO2/c1-3-15-12(14)8-11(13)10-7-5-4-6-9(10)2/h4-7,11H,3,8,13H2,1-2H3/t11-/m0/s1. The fourth-order valence-corrected chi connectivity index (χ4v) is 1.51. The van der Waals surface area contributed by atoms with E-state index in [0.29, 0.717) is 6.61 Å². The molecule has 1 rings (SSSR count). The van der Waals surface area contributed by atoms with Gasteiger partial charge in [-0.3, -0.25) is 4.79 Å². The Balaban J connectivity index is 2.65. The van der Waals surface area contributed by atoms with Gasteiger partial charge in [-0.1, -0.05) is 24.3 Å². The lowest BCUT2D eigenvalue weighted by molar-refractivity contribution is -0.143. The first-order chi connectivity index (χ1) is 7.15. The van der Waals surface area contributed by atoms with E-state index in [-0.39, 0.29) is 18.4 Å². The van der Waals surface area contributed by atoms with Crippen LogP contribution in [0, 0.1) is 6.92 Å². The predicted molar refractivity (Wildman–Crippen MR) is 59.4 cm³/mol. The topological polar surface area (TPSA) is 52.3 Å². The Hall–Kier alpha value is -1.35. The van der Waals surface area contributed by atoms with Crippen LogP contribution in [-0.2, 0) is 9.53 Å². The number of hydrogen-bond acceptors (Lipinski definition) is 3. The molecule has 0 heterocycles. The summed E-state index contributed by atoms with van der Waals surface area (Å²) < 4.78 is 4.85. The molecular formula is C12H17NO2. The molecule has 82 valence electrons. The summed E-state index contributed by atoms with van der Waals surface area (Å²) in [6.45, 7) is 4.18. The number of esters is 1. The minimum absolute atomic E-state index is 0.235. The van der Waals surface area contributed by atoms with Crippen molar-refractivity contribution in [2.75, 3.05) is 6.61 Å². The van der Waals surface area contributed by atoms with Crippen LogP contribution in [-0.4, -0.2) is 12.6 Å². The molecule has 0 fully saturated rings. The van der Waals surface area contributed by atoms with Gasteiger partial charge in [0.1, 0.15) is 0 Å². The molecule has 1 aromatic rings. The second kappa shape index (κ2) is 5.51. The Morgan fingerprint density at radius 2 is 2.13 bits per heavy atom. The molecule has 0 aromatic heterocycles. The lowest BCUT2D eigenvalue weighted by atomic mass is 10.00. The molecule has 0 spiro atoms. The van der Waals surface area contributed by atoms with Gasteiger partial charge in [0.2, 0.25) is 0 Å². The van der Waals surface area contributed by atoms with Crippen LogP contribution < -0.4 is 5.73 Å². The van der Waals surface area contributed by atoms with Gasteiger partial charge in [-0.2, -0.15) is 0 Å². The maximum Gasteiger partial charge on any atom is 0.307 e. The summed E-state index contributed by atoms with van der Waals surface area (Å²) in [5, 5.41) is 0. The summed E-state index contributed by atoms with van der Waals surface area (Å²) in [6.07, 6.45) is 0.235. The van der Waals surface area contributed by atoms with Crippen LogP contribution >= 0.6 is 0 Å². The Kier molecular flexibility index (Phi) is 4.31. The zero-order valence-corrected chi connectivity index (χ0v) is 9.19. The molecule has 0 aliphatic heterocycles. The Bertz CT molecular complexity index is 336. The van der Waals surface area contributed by atoms with Crippen LogP contribution in [0.3, 0.4) is 0 Å². The van der Waals surface area contributed by atoms with E-state index in [9.17, 15) is 4.79 Å². The molecule has 1 atom stereocenters. The molecule has 0 saturated carbocycles. The van der Waals surface area contributed by atoms with Crippen molar-refractivity contribution in [3.05, 3.63) is 35.4 Å². The molecule has 0 aliphatic rings. The Morgan fingerprint density at radius 3 is 2.73 bits per heavy atom. The van der Waals surface area contributed by atoms with Gasteiger partial charge in [0.25, 0.3) is 0 Å². The predicted octanol–water partition coefficient (Wildman–Crippen LogP) is 1.95. The van der Waals surface area contributed by atoms with Crippen LogP contribution in [0.5, 0.6) is 0 Å². The highest BCUT2D eigenvalue weighted by atomic mass is 16.5. The normalized spacial score (nSPS) is 12.2. The third kappa shape index (κ3) is 3.36. The summed E-state index contributed by atoms with van der Waals surface area (Å²) >= 11 is 0. The molecule has 1 aromatic carbocycles. The van der Waals surface area contributed by atoms with E-state index in [0.717, 1.165) is 11.1 Å². The summed E-state index contributed by atoms with van der Waals surface area (Å²) in [7, 11) is 0. The van der Waals surface area contributed by atoms with Crippen LogP contribution in [0.2, 0.25) is 0 Å². The van der Waals surface area contributed by atoms with E-state index >= 15 is 0 Å². The minimum Gasteiger partial charge on any atom is -0.466 e. The van der Waals surface area contributed by atoms with Crippen molar-refractivity contribution in [1.82, 2.24) is 0 Å². The quantitative estimate of drug-likeness (QED) is 0.768. The van der Waals surface area contributed by atoms with Gasteiger partial charge in [0, 0.05) is 6.04 Å². The van der Waals surface area contributed by atoms with Crippen molar-refractivity contribution in [2.24, 2.45) is 5.73 Å². The van der Waals surface area contributed by atoms with Crippen molar-refractivity contribution in [2.45, 2.75) is 26.3 Å². The average Bonchev–Trinajstić information content (AvgIpc) is 2.18. The first-order valence-electron chi connectivity index (χ1n) is 5.12. The van der Waals surface area contributed by atoms with Crippen molar-refractivity contribution in [1.29, 1.82) is 0 Å². The van der Waals surface area contributed by atoms with Gasteiger partial charge in [-0.05, 0) is 25.0 Å². The third-order valence-corrected chi connectivity index (χ3v) is 2.28. The van der Waals surface area contributed by atoms with Crippen LogP contribution in [0.25, 0.3) is 0 Å². The Labute approximate surface area is 90.2 Å². The number of aryl methyl sites for hydroxylation is 1. The SMILES string of the molecule is CCOC(=O)C[C@H](N)c1ccccc1C. The van der Waals surface area contributed by atoms with Crippen molar-refractivity contribution in [3.63, 3.8) is 0 Å². The third-order valence-electron chi connectivity index (χ3n) is 2.28.